The molecule has 0 aromatic heterocycles. The Balaban J connectivity index is 3.13. The van der Waals surface area contributed by atoms with Gasteiger partial charge in [0.2, 0.25) is 5.91 Å². The van der Waals surface area contributed by atoms with E-state index in [1.54, 1.807) is 20.8 Å². The topological polar surface area (TPSA) is 55.1 Å². The molecule has 0 saturated heterocycles. The summed E-state index contributed by atoms with van der Waals surface area (Å²) < 4.78 is 38.6. The number of para-hydroxylation sites is 1. The van der Waals surface area contributed by atoms with E-state index >= 15 is 0 Å². The van der Waals surface area contributed by atoms with E-state index in [1.807, 2.05) is 0 Å². The molecule has 0 aliphatic heterocycles. The zero-order chi connectivity index (χ0) is 15.7. The molecule has 0 unspecified atom stereocenters. The van der Waals surface area contributed by atoms with Crippen LogP contribution < -0.4 is 11.1 Å². The number of carbonyl (C=O) groups excluding carboxylic acids is 1. The molecule has 1 aromatic rings. The Morgan fingerprint density at radius 1 is 1.30 bits per heavy atom. The van der Waals surface area contributed by atoms with Gasteiger partial charge in [-0.3, -0.25) is 4.79 Å². The van der Waals surface area contributed by atoms with E-state index in [1.165, 1.54) is 12.1 Å². The predicted molar refractivity (Wildman–Crippen MR) is 72.5 cm³/mol. The number of anilines is 1. The predicted octanol–water partition coefficient (Wildman–Crippen LogP) is 3.67. The molecule has 1 amide bonds. The van der Waals surface area contributed by atoms with Crippen LogP contribution in [0.1, 0.15) is 26.3 Å². The third kappa shape index (κ3) is 3.86. The number of nitrogens with two attached hydrogens (primary N) is 1. The summed E-state index contributed by atoms with van der Waals surface area (Å²) in [6.07, 6.45) is -4.61. The monoisotopic (exact) mass is 308 g/mol. The molecule has 0 saturated carbocycles. The van der Waals surface area contributed by atoms with Crippen molar-refractivity contribution >= 4 is 23.2 Å². The lowest BCUT2D eigenvalue weighted by Gasteiger charge is -2.26. The Morgan fingerprint density at radius 2 is 1.85 bits per heavy atom. The van der Waals surface area contributed by atoms with Gasteiger partial charge < -0.3 is 11.1 Å². The fourth-order valence-electron chi connectivity index (χ4n) is 1.48. The van der Waals surface area contributed by atoms with Crippen molar-refractivity contribution in [3.8, 4) is 0 Å². The summed E-state index contributed by atoms with van der Waals surface area (Å²) in [5.74, 6) is -0.712. The van der Waals surface area contributed by atoms with Crippen molar-refractivity contribution in [1.29, 1.82) is 0 Å². The Bertz CT molecular complexity index is 509. The van der Waals surface area contributed by atoms with E-state index in [-0.39, 0.29) is 5.02 Å². The summed E-state index contributed by atoms with van der Waals surface area (Å²) in [5.41, 5.74) is 3.67. The Labute approximate surface area is 120 Å². The quantitative estimate of drug-likeness (QED) is 0.876. The second kappa shape index (κ2) is 5.61. The van der Waals surface area contributed by atoms with Gasteiger partial charge in [-0.05, 0) is 17.5 Å². The highest BCUT2D eigenvalue weighted by atomic mass is 35.5. The number of amides is 1. The highest BCUT2D eigenvalue weighted by molar-refractivity contribution is 6.34. The molecule has 0 aliphatic carbocycles. The fraction of sp³-hybridized carbons (Fsp3) is 0.462. The largest absolute Gasteiger partial charge is 0.418 e. The number of alkyl halides is 3. The fourth-order valence-corrected chi connectivity index (χ4v) is 1.70. The maximum absolute atomic E-state index is 12.9. The van der Waals surface area contributed by atoms with Crippen LogP contribution in [-0.2, 0) is 11.0 Å². The molecular formula is C13H16ClF3N2O. The van der Waals surface area contributed by atoms with Crippen LogP contribution in [-0.4, -0.2) is 11.9 Å². The third-order valence-corrected chi connectivity index (χ3v) is 3.10. The zero-order valence-electron chi connectivity index (χ0n) is 11.3. The molecule has 7 heteroatoms. The Kier molecular flexibility index (Phi) is 4.71. The van der Waals surface area contributed by atoms with Crippen molar-refractivity contribution in [2.45, 2.75) is 33.0 Å². The van der Waals surface area contributed by atoms with E-state index in [4.69, 9.17) is 17.3 Å². The summed E-state index contributed by atoms with van der Waals surface area (Å²) in [6.45, 7) is 5.15. The molecule has 0 spiro atoms. The Hall–Kier alpha value is -1.27. The van der Waals surface area contributed by atoms with Gasteiger partial charge in [-0.2, -0.15) is 13.2 Å². The van der Waals surface area contributed by atoms with Gasteiger partial charge in [-0.1, -0.05) is 38.4 Å². The van der Waals surface area contributed by atoms with E-state index in [0.717, 1.165) is 6.07 Å². The van der Waals surface area contributed by atoms with Crippen LogP contribution in [0.2, 0.25) is 5.02 Å². The van der Waals surface area contributed by atoms with E-state index in [9.17, 15) is 18.0 Å². The SMILES string of the molecule is CC(C)(C)[C@@H](N)C(=O)Nc1c(Cl)cccc1C(F)(F)F. The van der Waals surface area contributed by atoms with Gasteiger partial charge in [0.15, 0.2) is 0 Å². The van der Waals surface area contributed by atoms with Crippen LogP contribution in [0.4, 0.5) is 18.9 Å². The van der Waals surface area contributed by atoms with Crippen molar-refractivity contribution in [3.63, 3.8) is 0 Å². The second-order valence-corrected chi connectivity index (χ2v) is 5.90. The molecule has 0 heterocycles. The molecule has 1 rings (SSSR count). The number of carbonyl (C=O) groups is 1. The van der Waals surface area contributed by atoms with Gasteiger partial charge in [0.1, 0.15) is 0 Å². The van der Waals surface area contributed by atoms with Gasteiger partial charge >= 0.3 is 6.18 Å². The van der Waals surface area contributed by atoms with Crippen molar-refractivity contribution in [2.24, 2.45) is 11.1 Å². The van der Waals surface area contributed by atoms with Crippen LogP contribution >= 0.6 is 11.6 Å². The van der Waals surface area contributed by atoms with Crippen molar-refractivity contribution in [1.82, 2.24) is 0 Å². The first kappa shape index (κ1) is 16.8. The van der Waals surface area contributed by atoms with Crippen LogP contribution in [0.5, 0.6) is 0 Å². The summed E-state index contributed by atoms with van der Waals surface area (Å²) in [5, 5.41) is 1.99. The number of hydrogen-bond donors (Lipinski definition) is 2. The minimum Gasteiger partial charge on any atom is -0.323 e. The van der Waals surface area contributed by atoms with Crippen LogP contribution in [0.15, 0.2) is 18.2 Å². The van der Waals surface area contributed by atoms with Gasteiger partial charge in [-0.15, -0.1) is 0 Å². The molecule has 0 bridgehead atoms. The number of hydrogen-bond acceptors (Lipinski definition) is 2. The third-order valence-electron chi connectivity index (χ3n) is 2.78. The molecule has 0 radical (unpaired) electrons. The maximum atomic E-state index is 12.9. The molecule has 3 N–H and O–H groups in total. The first-order valence-electron chi connectivity index (χ1n) is 5.86. The van der Waals surface area contributed by atoms with Crippen LogP contribution in [0.25, 0.3) is 0 Å². The molecule has 1 atom stereocenters. The van der Waals surface area contributed by atoms with Gasteiger partial charge in [0.05, 0.1) is 22.3 Å². The van der Waals surface area contributed by atoms with Gasteiger partial charge in [0.25, 0.3) is 0 Å². The number of benzene rings is 1. The van der Waals surface area contributed by atoms with Crippen LogP contribution in [0, 0.1) is 5.41 Å². The lowest BCUT2D eigenvalue weighted by atomic mass is 9.87. The molecular weight excluding hydrogens is 293 g/mol. The van der Waals surface area contributed by atoms with Gasteiger partial charge in [0, 0.05) is 0 Å². The molecule has 20 heavy (non-hydrogen) atoms. The van der Waals surface area contributed by atoms with Crippen molar-refractivity contribution < 1.29 is 18.0 Å². The average molecular weight is 309 g/mol. The van der Waals surface area contributed by atoms with E-state index in [0.29, 0.717) is 0 Å². The lowest BCUT2D eigenvalue weighted by molar-refractivity contribution is -0.137. The minimum absolute atomic E-state index is 0.186. The summed E-state index contributed by atoms with van der Waals surface area (Å²) >= 11 is 5.74. The standard InChI is InChI=1S/C13H16ClF3N2O/c1-12(2,3)10(18)11(20)19-9-7(13(15,16)17)5-4-6-8(9)14/h4-6,10H,18H2,1-3H3,(H,19,20)/t10-/m0/s1. The smallest absolute Gasteiger partial charge is 0.323 e. The summed E-state index contributed by atoms with van der Waals surface area (Å²) in [4.78, 5) is 11.9. The van der Waals surface area contributed by atoms with Crippen molar-refractivity contribution in [2.75, 3.05) is 5.32 Å². The first-order valence-corrected chi connectivity index (χ1v) is 6.24. The van der Waals surface area contributed by atoms with Crippen LogP contribution in [0.3, 0.4) is 0 Å². The molecule has 3 nitrogen and oxygen atoms in total. The van der Waals surface area contributed by atoms with E-state index in [2.05, 4.69) is 5.32 Å². The molecule has 1 aromatic carbocycles. The first-order chi connectivity index (χ1) is 8.94. The Morgan fingerprint density at radius 3 is 2.30 bits per heavy atom. The summed E-state index contributed by atoms with van der Waals surface area (Å²) in [6, 6.07) is 2.34. The maximum Gasteiger partial charge on any atom is 0.418 e. The van der Waals surface area contributed by atoms with Crippen molar-refractivity contribution in [3.05, 3.63) is 28.8 Å². The molecule has 112 valence electrons. The number of nitrogens with one attached hydrogen (secondary N) is 1. The minimum atomic E-state index is -4.61. The highest BCUT2D eigenvalue weighted by Gasteiger charge is 2.36. The lowest BCUT2D eigenvalue weighted by Crippen LogP contribution is -2.45. The normalized spacial score (nSPS) is 14.0. The highest BCUT2D eigenvalue weighted by Crippen LogP contribution is 2.38. The van der Waals surface area contributed by atoms with Gasteiger partial charge in [-0.25, -0.2) is 0 Å². The molecule has 0 fully saturated rings. The number of halogens is 4. The molecule has 0 aliphatic rings. The second-order valence-electron chi connectivity index (χ2n) is 5.49. The zero-order valence-corrected chi connectivity index (χ0v) is 12.1. The number of rotatable bonds is 2. The summed E-state index contributed by atoms with van der Waals surface area (Å²) in [7, 11) is 0. The van der Waals surface area contributed by atoms with E-state index < -0.39 is 34.8 Å². The average Bonchev–Trinajstić information content (AvgIpc) is 2.27.